The summed E-state index contributed by atoms with van der Waals surface area (Å²) in [7, 11) is 0. The first kappa shape index (κ1) is 22.0. The van der Waals surface area contributed by atoms with Crippen molar-refractivity contribution in [3.05, 3.63) is 117 Å². The number of nitrogens with zero attached hydrogens (tertiary/aromatic N) is 2. The number of ether oxygens (including phenoxy) is 1. The number of carbonyl (C=O) groups is 1. The molecule has 1 amide bonds. The van der Waals surface area contributed by atoms with Gasteiger partial charge in [0.05, 0.1) is 11.1 Å². The second kappa shape index (κ2) is 9.93. The van der Waals surface area contributed by atoms with Crippen molar-refractivity contribution in [3.63, 3.8) is 0 Å². The Morgan fingerprint density at radius 3 is 2.58 bits per heavy atom. The van der Waals surface area contributed by atoms with Crippen molar-refractivity contribution in [1.29, 1.82) is 0 Å². The lowest BCUT2D eigenvalue weighted by Gasteiger charge is -2.09. The van der Waals surface area contributed by atoms with Gasteiger partial charge < -0.3 is 4.74 Å². The van der Waals surface area contributed by atoms with Gasteiger partial charge in [-0.15, -0.1) is 0 Å². The quantitative estimate of drug-likeness (QED) is 0.216. The number of nitrogens with one attached hydrogen (secondary N) is 1. The molecule has 4 rings (SSSR count). The molecule has 8 heteroatoms. The number of fused-ring (bicyclic) bond motifs is 1. The van der Waals surface area contributed by atoms with Crippen molar-refractivity contribution in [2.45, 2.75) is 6.61 Å². The van der Waals surface area contributed by atoms with Crippen LogP contribution in [0.2, 0.25) is 5.02 Å². The van der Waals surface area contributed by atoms with Crippen LogP contribution in [0.25, 0.3) is 10.8 Å². The van der Waals surface area contributed by atoms with Crippen LogP contribution in [-0.2, 0) is 6.61 Å². The van der Waals surface area contributed by atoms with E-state index >= 15 is 0 Å². The van der Waals surface area contributed by atoms with E-state index in [1.54, 1.807) is 12.1 Å². The van der Waals surface area contributed by atoms with Gasteiger partial charge in [0.1, 0.15) is 17.4 Å². The Bertz CT molecular complexity index is 1350. The summed E-state index contributed by atoms with van der Waals surface area (Å²) in [5.41, 5.74) is 3.93. The van der Waals surface area contributed by atoms with Gasteiger partial charge in [-0.05, 0) is 58.3 Å². The smallest absolute Gasteiger partial charge is 0.288 e. The summed E-state index contributed by atoms with van der Waals surface area (Å²) in [6.45, 7) is 0.443. The third-order valence-electron chi connectivity index (χ3n) is 4.94. The fraction of sp³-hybridized carbons (Fsp3) is 0.0400. The maximum absolute atomic E-state index is 12.2. The Hall–Kier alpha value is -4.23. The molecule has 0 aromatic heterocycles. The zero-order chi connectivity index (χ0) is 23.2. The minimum Gasteiger partial charge on any atom is -0.489 e. The SMILES string of the molecule is O=C(N/N=C/c1ccc(OCc2cccc3ccccc23)cc1)c1ccc(Cl)c([N+](=O)[O-])c1. The highest BCUT2D eigenvalue weighted by atomic mass is 35.5. The largest absolute Gasteiger partial charge is 0.489 e. The van der Waals surface area contributed by atoms with Gasteiger partial charge in [-0.2, -0.15) is 5.10 Å². The molecule has 0 atom stereocenters. The summed E-state index contributed by atoms with van der Waals surface area (Å²) < 4.78 is 5.92. The number of hydrogen-bond donors (Lipinski definition) is 1. The van der Waals surface area contributed by atoms with Crippen molar-refractivity contribution >= 4 is 40.2 Å². The third-order valence-corrected chi connectivity index (χ3v) is 5.26. The predicted molar refractivity (Wildman–Crippen MR) is 128 cm³/mol. The molecule has 0 radical (unpaired) electrons. The Morgan fingerprint density at radius 1 is 1.03 bits per heavy atom. The fourth-order valence-electron chi connectivity index (χ4n) is 3.25. The van der Waals surface area contributed by atoms with E-state index in [1.165, 1.54) is 23.7 Å². The van der Waals surface area contributed by atoms with Crippen LogP contribution in [0.4, 0.5) is 5.69 Å². The van der Waals surface area contributed by atoms with Crippen LogP contribution in [0.3, 0.4) is 0 Å². The predicted octanol–water partition coefficient (Wildman–Crippen LogP) is 5.74. The van der Waals surface area contributed by atoms with Crippen LogP contribution < -0.4 is 10.2 Å². The van der Waals surface area contributed by atoms with Gasteiger partial charge in [-0.3, -0.25) is 14.9 Å². The van der Waals surface area contributed by atoms with Crippen LogP contribution >= 0.6 is 11.6 Å². The molecule has 1 N–H and O–H groups in total. The lowest BCUT2D eigenvalue weighted by Crippen LogP contribution is -2.17. The van der Waals surface area contributed by atoms with Crippen LogP contribution in [-0.4, -0.2) is 17.0 Å². The van der Waals surface area contributed by atoms with Gasteiger partial charge in [-0.1, -0.05) is 54.1 Å². The average molecular weight is 460 g/mol. The number of hydrogen-bond acceptors (Lipinski definition) is 5. The van der Waals surface area contributed by atoms with Crippen LogP contribution in [0.5, 0.6) is 5.75 Å². The zero-order valence-electron chi connectivity index (χ0n) is 17.3. The zero-order valence-corrected chi connectivity index (χ0v) is 18.0. The first-order chi connectivity index (χ1) is 16.0. The molecular formula is C25H18ClN3O4. The van der Waals surface area contributed by atoms with Gasteiger partial charge in [-0.25, -0.2) is 5.43 Å². The van der Waals surface area contributed by atoms with Crippen molar-refractivity contribution in [3.8, 4) is 5.75 Å². The summed E-state index contributed by atoms with van der Waals surface area (Å²) in [5.74, 6) is 0.124. The molecule has 4 aromatic carbocycles. The first-order valence-electron chi connectivity index (χ1n) is 9.98. The van der Waals surface area contributed by atoms with E-state index in [-0.39, 0.29) is 16.3 Å². The minimum absolute atomic E-state index is 0.0391. The summed E-state index contributed by atoms with van der Waals surface area (Å²) in [6, 6.07) is 25.3. The van der Waals surface area contributed by atoms with E-state index in [2.05, 4.69) is 28.7 Å². The highest BCUT2D eigenvalue weighted by Crippen LogP contribution is 2.25. The maximum atomic E-state index is 12.2. The number of rotatable bonds is 7. The van der Waals surface area contributed by atoms with Crippen molar-refractivity contribution in [1.82, 2.24) is 5.43 Å². The fourth-order valence-corrected chi connectivity index (χ4v) is 3.44. The summed E-state index contributed by atoms with van der Waals surface area (Å²) in [4.78, 5) is 22.5. The molecule has 0 spiro atoms. The standard InChI is InChI=1S/C25H18ClN3O4/c26-23-13-10-19(14-24(23)29(31)32)25(30)28-27-15-17-8-11-21(12-9-17)33-16-20-6-3-5-18-4-1-2-7-22(18)20/h1-15H,16H2,(H,28,30)/b27-15+. The molecule has 0 bridgehead atoms. The van der Waals surface area contributed by atoms with E-state index < -0.39 is 10.8 Å². The van der Waals surface area contributed by atoms with E-state index in [9.17, 15) is 14.9 Å². The Labute approximate surface area is 194 Å². The third kappa shape index (κ3) is 5.34. The average Bonchev–Trinajstić information content (AvgIpc) is 2.83. The lowest BCUT2D eigenvalue weighted by molar-refractivity contribution is -0.384. The van der Waals surface area contributed by atoms with Gasteiger partial charge in [0.25, 0.3) is 11.6 Å². The lowest BCUT2D eigenvalue weighted by atomic mass is 10.1. The van der Waals surface area contributed by atoms with E-state index in [4.69, 9.17) is 16.3 Å². The Kier molecular flexibility index (Phi) is 6.61. The number of amides is 1. The molecule has 0 fully saturated rings. The monoisotopic (exact) mass is 459 g/mol. The number of hydrazone groups is 1. The van der Waals surface area contributed by atoms with Gasteiger partial charge in [0.2, 0.25) is 0 Å². The molecule has 33 heavy (non-hydrogen) atoms. The number of carbonyl (C=O) groups excluding carboxylic acids is 1. The van der Waals surface area contributed by atoms with Gasteiger partial charge in [0, 0.05) is 11.6 Å². The molecule has 4 aromatic rings. The normalized spacial score (nSPS) is 10.9. The van der Waals surface area contributed by atoms with Gasteiger partial charge >= 0.3 is 0 Å². The second-order valence-corrected chi connectivity index (χ2v) is 7.53. The molecule has 7 nitrogen and oxygen atoms in total. The van der Waals surface area contributed by atoms with Crippen molar-refractivity contribution < 1.29 is 14.5 Å². The number of halogens is 1. The number of nitro groups is 1. The first-order valence-corrected chi connectivity index (χ1v) is 10.4. The van der Waals surface area contributed by atoms with Crippen LogP contribution in [0.15, 0.2) is 90.0 Å². The number of nitro benzene ring substituents is 1. The van der Waals surface area contributed by atoms with E-state index in [0.29, 0.717) is 12.4 Å². The number of benzene rings is 4. The van der Waals surface area contributed by atoms with Gasteiger partial charge in [0.15, 0.2) is 0 Å². The minimum atomic E-state index is -0.647. The topological polar surface area (TPSA) is 93.8 Å². The second-order valence-electron chi connectivity index (χ2n) is 7.12. The van der Waals surface area contributed by atoms with Crippen LogP contribution in [0.1, 0.15) is 21.5 Å². The highest BCUT2D eigenvalue weighted by molar-refractivity contribution is 6.32. The molecule has 0 unspecified atom stereocenters. The Morgan fingerprint density at radius 2 is 1.79 bits per heavy atom. The molecule has 0 saturated carbocycles. The highest BCUT2D eigenvalue weighted by Gasteiger charge is 2.15. The van der Waals surface area contributed by atoms with Crippen molar-refractivity contribution in [2.24, 2.45) is 5.10 Å². The maximum Gasteiger partial charge on any atom is 0.288 e. The molecule has 0 aliphatic heterocycles. The molecule has 0 saturated heterocycles. The van der Waals surface area contributed by atoms with Crippen LogP contribution in [0, 0.1) is 10.1 Å². The molecular weight excluding hydrogens is 442 g/mol. The Balaban J connectivity index is 1.35. The van der Waals surface area contributed by atoms with E-state index in [1.807, 2.05) is 36.4 Å². The molecule has 0 aliphatic carbocycles. The summed E-state index contributed by atoms with van der Waals surface area (Å²) >= 11 is 5.76. The molecule has 164 valence electrons. The van der Waals surface area contributed by atoms with E-state index in [0.717, 1.165) is 22.6 Å². The molecule has 0 heterocycles. The summed E-state index contributed by atoms with van der Waals surface area (Å²) in [5, 5.41) is 17.1. The van der Waals surface area contributed by atoms with Crippen molar-refractivity contribution in [2.75, 3.05) is 0 Å². The summed E-state index contributed by atoms with van der Waals surface area (Å²) in [6.07, 6.45) is 1.47. The molecule has 0 aliphatic rings.